The van der Waals surface area contributed by atoms with E-state index < -0.39 is 0 Å². The van der Waals surface area contributed by atoms with E-state index in [9.17, 15) is 0 Å². The smallest absolute Gasteiger partial charge is 0.162 e. The maximum Gasteiger partial charge on any atom is 0.162 e. The van der Waals surface area contributed by atoms with Crippen LogP contribution in [-0.4, -0.2) is 25.3 Å². The molecule has 2 N–H and O–H groups in total. The Labute approximate surface area is 102 Å². The molecule has 0 aliphatic carbocycles. The molecule has 5 nitrogen and oxygen atoms in total. The van der Waals surface area contributed by atoms with E-state index in [1.54, 1.807) is 30.2 Å². The molecule has 0 bridgehead atoms. The summed E-state index contributed by atoms with van der Waals surface area (Å²) < 4.78 is 0. The fraction of sp³-hybridized carbons (Fsp3) is 0. The molecule has 3 heterocycles. The van der Waals surface area contributed by atoms with Gasteiger partial charge >= 0.3 is 0 Å². The Bertz CT molecular complexity index is 522. The number of aromatic hydroxyl groups is 1. The van der Waals surface area contributed by atoms with Gasteiger partial charge in [-0.2, -0.15) is 0 Å². The van der Waals surface area contributed by atoms with Gasteiger partial charge in [-0.1, -0.05) is 0 Å². The molecular formula is C11H10N4OS. The van der Waals surface area contributed by atoms with E-state index in [2.05, 4.69) is 20.2 Å². The number of nitrogens with zero attached hydrogens (tertiary/aromatic N) is 3. The van der Waals surface area contributed by atoms with Gasteiger partial charge in [0, 0.05) is 23.3 Å². The Hall–Kier alpha value is -2.21. The van der Waals surface area contributed by atoms with Crippen molar-refractivity contribution in [2.45, 2.75) is 0 Å². The number of nitrogens with one attached hydrogen (secondary N) is 1. The van der Waals surface area contributed by atoms with Crippen LogP contribution in [-0.2, 0) is 0 Å². The first-order valence-corrected chi connectivity index (χ1v) is 5.78. The SMILES string of the molecule is Oc1ccsc1.c1cncc(-c2nnc[nH]2)c1. The second-order valence-electron chi connectivity index (χ2n) is 3.06. The third kappa shape index (κ3) is 3.39. The zero-order valence-electron chi connectivity index (χ0n) is 8.82. The quantitative estimate of drug-likeness (QED) is 0.691. The molecule has 3 aromatic heterocycles. The van der Waals surface area contributed by atoms with Gasteiger partial charge in [-0.05, 0) is 23.6 Å². The van der Waals surface area contributed by atoms with Gasteiger partial charge in [-0.15, -0.1) is 21.5 Å². The van der Waals surface area contributed by atoms with Gasteiger partial charge in [0.05, 0.1) is 0 Å². The first-order chi connectivity index (χ1) is 8.36. The number of hydrogen-bond donors (Lipinski definition) is 2. The predicted molar refractivity (Wildman–Crippen MR) is 65.6 cm³/mol. The van der Waals surface area contributed by atoms with Gasteiger partial charge in [-0.25, -0.2) is 0 Å². The summed E-state index contributed by atoms with van der Waals surface area (Å²) in [5.74, 6) is 1.11. The molecule has 0 fully saturated rings. The summed E-state index contributed by atoms with van der Waals surface area (Å²) in [4.78, 5) is 6.84. The third-order valence-corrected chi connectivity index (χ3v) is 2.53. The highest BCUT2D eigenvalue weighted by atomic mass is 32.1. The molecule has 0 saturated carbocycles. The minimum Gasteiger partial charge on any atom is -0.507 e. The van der Waals surface area contributed by atoms with Crippen molar-refractivity contribution < 1.29 is 5.11 Å². The summed E-state index contributed by atoms with van der Waals surface area (Å²) in [7, 11) is 0. The number of aromatic amines is 1. The van der Waals surface area contributed by atoms with Crippen LogP contribution in [0, 0.1) is 0 Å². The maximum absolute atomic E-state index is 8.48. The zero-order valence-corrected chi connectivity index (χ0v) is 9.63. The lowest BCUT2D eigenvalue weighted by molar-refractivity contribution is 0.478. The molecule has 86 valence electrons. The van der Waals surface area contributed by atoms with Crippen molar-refractivity contribution in [2.75, 3.05) is 0 Å². The summed E-state index contributed by atoms with van der Waals surface area (Å²) >= 11 is 1.49. The molecule has 6 heteroatoms. The van der Waals surface area contributed by atoms with Gasteiger partial charge in [0.15, 0.2) is 5.82 Å². The fourth-order valence-electron chi connectivity index (χ4n) is 1.11. The number of pyridine rings is 1. The minimum atomic E-state index is 0.361. The van der Waals surface area contributed by atoms with Crippen molar-refractivity contribution in [3.8, 4) is 17.1 Å². The van der Waals surface area contributed by atoms with Gasteiger partial charge in [0.25, 0.3) is 0 Å². The number of H-pyrrole nitrogens is 1. The van der Waals surface area contributed by atoms with E-state index in [1.165, 1.54) is 11.3 Å². The summed E-state index contributed by atoms with van der Waals surface area (Å²) in [6, 6.07) is 5.44. The minimum absolute atomic E-state index is 0.361. The predicted octanol–water partition coefficient (Wildman–Crippen LogP) is 2.32. The molecule has 0 aliphatic rings. The van der Waals surface area contributed by atoms with Crippen molar-refractivity contribution in [2.24, 2.45) is 0 Å². The molecule has 0 radical (unpaired) electrons. The highest BCUT2D eigenvalue weighted by Gasteiger charge is 1.97. The van der Waals surface area contributed by atoms with Crippen LogP contribution in [0.2, 0.25) is 0 Å². The molecule has 0 aromatic carbocycles. The lowest BCUT2D eigenvalue weighted by Gasteiger charge is -1.90. The molecule has 17 heavy (non-hydrogen) atoms. The van der Waals surface area contributed by atoms with E-state index in [1.807, 2.05) is 17.5 Å². The largest absolute Gasteiger partial charge is 0.507 e. The second kappa shape index (κ2) is 5.76. The van der Waals surface area contributed by atoms with Crippen molar-refractivity contribution in [3.63, 3.8) is 0 Å². The number of rotatable bonds is 1. The summed E-state index contributed by atoms with van der Waals surface area (Å²) in [5.41, 5.74) is 0.949. The standard InChI is InChI=1S/C7H6N4.C4H4OS/c1-2-6(4-8-3-1)7-9-5-10-11-7;5-4-1-2-6-3-4/h1-5H,(H,9,10,11);1-3,5H. The van der Waals surface area contributed by atoms with Crippen molar-refractivity contribution >= 4 is 11.3 Å². The summed E-state index contributed by atoms with van der Waals surface area (Å²) in [6.07, 6.45) is 5.00. The topological polar surface area (TPSA) is 74.7 Å². The first kappa shape index (κ1) is 11.3. The van der Waals surface area contributed by atoms with E-state index in [-0.39, 0.29) is 0 Å². The van der Waals surface area contributed by atoms with E-state index >= 15 is 0 Å². The molecule has 0 aliphatic heterocycles. The average Bonchev–Trinajstić information content (AvgIpc) is 3.03. The number of aromatic nitrogens is 4. The Morgan fingerprint density at radius 2 is 2.24 bits per heavy atom. The van der Waals surface area contributed by atoms with Crippen LogP contribution < -0.4 is 0 Å². The molecular weight excluding hydrogens is 236 g/mol. The van der Waals surface area contributed by atoms with Crippen molar-refractivity contribution in [1.82, 2.24) is 20.2 Å². The first-order valence-electron chi connectivity index (χ1n) is 4.84. The third-order valence-electron chi connectivity index (χ3n) is 1.86. The molecule has 0 atom stereocenters. The molecule has 0 spiro atoms. The lowest BCUT2D eigenvalue weighted by atomic mass is 10.3. The van der Waals surface area contributed by atoms with Gasteiger partial charge < -0.3 is 10.1 Å². The van der Waals surface area contributed by atoms with Crippen LogP contribution in [0.15, 0.2) is 47.7 Å². The van der Waals surface area contributed by atoms with Gasteiger partial charge in [0.2, 0.25) is 0 Å². The molecule has 0 unspecified atom stereocenters. The average molecular weight is 246 g/mol. The Morgan fingerprint density at radius 1 is 1.29 bits per heavy atom. The highest BCUT2D eigenvalue weighted by Crippen LogP contribution is 2.10. The Morgan fingerprint density at radius 3 is 2.71 bits per heavy atom. The van der Waals surface area contributed by atoms with Crippen LogP contribution in [0.25, 0.3) is 11.4 Å². The van der Waals surface area contributed by atoms with E-state index in [0.29, 0.717) is 5.75 Å². The molecule has 0 saturated heterocycles. The summed E-state index contributed by atoms with van der Waals surface area (Å²) in [6.45, 7) is 0. The van der Waals surface area contributed by atoms with Gasteiger partial charge in [0.1, 0.15) is 12.1 Å². The summed E-state index contributed by atoms with van der Waals surface area (Å²) in [5, 5.41) is 19.5. The molecule has 3 rings (SSSR count). The Kier molecular flexibility index (Phi) is 3.82. The number of thiophene rings is 1. The zero-order chi connectivity index (χ0) is 11.9. The lowest BCUT2D eigenvalue weighted by Crippen LogP contribution is -1.80. The van der Waals surface area contributed by atoms with E-state index in [4.69, 9.17) is 5.11 Å². The second-order valence-corrected chi connectivity index (χ2v) is 3.84. The monoisotopic (exact) mass is 246 g/mol. The molecule has 0 amide bonds. The fourth-order valence-corrected chi connectivity index (χ4v) is 1.62. The maximum atomic E-state index is 8.48. The van der Waals surface area contributed by atoms with Crippen LogP contribution in [0.1, 0.15) is 0 Å². The van der Waals surface area contributed by atoms with Crippen LogP contribution in [0.4, 0.5) is 0 Å². The molecule has 3 aromatic rings. The van der Waals surface area contributed by atoms with Crippen LogP contribution in [0.5, 0.6) is 5.75 Å². The van der Waals surface area contributed by atoms with Gasteiger partial charge in [-0.3, -0.25) is 4.98 Å². The van der Waals surface area contributed by atoms with Crippen molar-refractivity contribution in [1.29, 1.82) is 0 Å². The Balaban J connectivity index is 0.000000153. The van der Waals surface area contributed by atoms with Crippen LogP contribution in [0.3, 0.4) is 0 Å². The van der Waals surface area contributed by atoms with Crippen molar-refractivity contribution in [3.05, 3.63) is 47.7 Å². The normalized spacial score (nSPS) is 9.41. The number of hydrogen-bond acceptors (Lipinski definition) is 5. The van der Waals surface area contributed by atoms with E-state index in [0.717, 1.165) is 11.4 Å². The highest BCUT2D eigenvalue weighted by molar-refractivity contribution is 7.08. The van der Waals surface area contributed by atoms with Crippen LogP contribution >= 0.6 is 11.3 Å².